The van der Waals surface area contributed by atoms with Crippen LogP contribution in [0.15, 0.2) is 13.2 Å². The summed E-state index contributed by atoms with van der Waals surface area (Å²) in [6, 6.07) is 0. The zero-order chi connectivity index (χ0) is 20.3. The van der Waals surface area contributed by atoms with Crippen LogP contribution in [-0.4, -0.2) is 57.5 Å². The van der Waals surface area contributed by atoms with Gasteiger partial charge in [-0.05, 0) is 25.8 Å². The highest BCUT2D eigenvalue weighted by Gasteiger charge is 2.01. The van der Waals surface area contributed by atoms with Crippen molar-refractivity contribution in [2.75, 3.05) is 51.8 Å². The molecule has 162 valence electrons. The molecule has 0 amide bonds. The van der Waals surface area contributed by atoms with E-state index in [1.807, 2.05) is 13.8 Å². The first kappa shape index (κ1) is 30.7. The lowest BCUT2D eigenvalue weighted by atomic mass is 10.2. The molecule has 0 aliphatic heterocycles. The normalized spacial score (nSPS) is 9.69. The first-order valence-corrected chi connectivity index (χ1v) is 12.0. The van der Waals surface area contributed by atoms with Crippen molar-refractivity contribution in [1.29, 1.82) is 0 Å². The Bertz CT molecular complexity index is 271. The van der Waals surface area contributed by atoms with Crippen molar-refractivity contribution in [3.63, 3.8) is 0 Å². The van der Waals surface area contributed by atoms with E-state index in [2.05, 4.69) is 37.6 Å². The van der Waals surface area contributed by atoms with E-state index in [9.17, 15) is 4.79 Å². The Kier molecular flexibility index (Phi) is 38.5. The van der Waals surface area contributed by atoms with E-state index in [0.717, 1.165) is 51.3 Å². The van der Waals surface area contributed by atoms with Crippen molar-refractivity contribution >= 4 is 27.7 Å². The molecule has 0 bridgehead atoms. The van der Waals surface area contributed by atoms with Crippen LogP contribution in [0.4, 0.5) is 0 Å². The number of nitrogens with one attached hydrogen (secondary N) is 2. The molecule has 0 heterocycles. The fraction of sp³-hybridized carbons (Fsp3) is 0.842. The van der Waals surface area contributed by atoms with Gasteiger partial charge in [0.15, 0.2) is 0 Å². The standard InChI is InChI=1S/C15H32N2O3S2.C2H6.C2H4.2H2/c1-3-10-19-12-8-17-14-15(18)7-5-6-11-20-22-21-13-9-16-4-2;2*1-2;;/h16-17H,3-14H2,1-2H3;1-2H3;1-2H2;2*1H. The minimum Gasteiger partial charge on any atom is -0.380 e. The third kappa shape index (κ3) is 31.7. The zero-order valence-corrected chi connectivity index (χ0v) is 19.1. The molecule has 0 aromatic heterocycles. The highest BCUT2D eigenvalue weighted by molar-refractivity contribution is 8.74. The molecule has 0 spiro atoms. The summed E-state index contributed by atoms with van der Waals surface area (Å²) in [5.41, 5.74) is 0. The van der Waals surface area contributed by atoms with E-state index in [0.29, 0.717) is 26.2 Å². The zero-order valence-electron chi connectivity index (χ0n) is 17.4. The predicted molar refractivity (Wildman–Crippen MR) is 124 cm³/mol. The molecule has 7 heteroatoms. The number of hydrogen-bond acceptors (Lipinski definition) is 7. The second kappa shape index (κ2) is 32.6. The van der Waals surface area contributed by atoms with Gasteiger partial charge in [0, 0.05) is 34.7 Å². The molecule has 0 saturated carbocycles. The van der Waals surface area contributed by atoms with Crippen LogP contribution >= 0.6 is 21.9 Å². The lowest BCUT2D eigenvalue weighted by Gasteiger charge is -2.05. The maximum atomic E-state index is 11.6. The maximum absolute atomic E-state index is 11.6. The molecule has 0 aliphatic carbocycles. The number of hydrogen-bond donors (Lipinski definition) is 2. The summed E-state index contributed by atoms with van der Waals surface area (Å²) in [5, 5.41) is 6.37. The molecule has 0 unspecified atom stereocenters. The van der Waals surface area contributed by atoms with E-state index in [-0.39, 0.29) is 8.64 Å². The van der Waals surface area contributed by atoms with Gasteiger partial charge in [-0.25, -0.2) is 0 Å². The Morgan fingerprint density at radius 2 is 1.77 bits per heavy atom. The Labute approximate surface area is 173 Å². The van der Waals surface area contributed by atoms with Crippen molar-refractivity contribution in [2.45, 2.75) is 53.4 Å². The van der Waals surface area contributed by atoms with Crippen molar-refractivity contribution in [3.05, 3.63) is 13.2 Å². The van der Waals surface area contributed by atoms with Crippen molar-refractivity contribution in [3.8, 4) is 0 Å². The first-order valence-electron chi connectivity index (χ1n) is 9.73. The van der Waals surface area contributed by atoms with Crippen molar-refractivity contribution in [2.24, 2.45) is 0 Å². The number of ketones is 1. The van der Waals surface area contributed by atoms with Gasteiger partial charge in [0.2, 0.25) is 0 Å². The van der Waals surface area contributed by atoms with Gasteiger partial charge in [0.1, 0.15) is 5.78 Å². The topological polar surface area (TPSA) is 59.6 Å². The Morgan fingerprint density at radius 1 is 1.04 bits per heavy atom. The number of ether oxygens (including phenoxy) is 1. The highest BCUT2D eigenvalue weighted by atomic mass is 33.1. The van der Waals surface area contributed by atoms with Gasteiger partial charge in [0.05, 0.1) is 30.8 Å². The molecule has 0 saturated heterocycles. The summed E-state index contributed by atoms with van der Waals surface area (Å²) in [6.45, 7) is 19.6. The number of carbonyl (C=O) groups excluding carboxylic acids is 1. The highest BCUT2D eigenvalue weighted by Crippen LogP contribution is 2.21. The molecule has 5 nitrogen and oxygen atoms in total. The summed E-state index contributed by atoms with van der Waals surface area (Å²) in [4.78, 5) is 11.6. The first-order chi connectivity index (χ1) is 12.8. The predicted octanol–water partition coefficient (Wildman–Crippen LogP) is 4.98. The van der Waals surface area contributed by atoms with Gasteiger partial charge in [-0.2, -0.15) is 0 Å². The van der Waals surface area contributed by atoms with Crippen LogP contribution in [0.25, 0.3) is 0 Å². The summed E-state index contributed by atoms with van der Waals surface area (Å²) >= 11 is 1.45. The van der Waals surface area contributed by atoms with E-state index < -0.39 is 0 Å². The molecule has 0 rings (SSSR count). The summed E-state index contributed by atoms with van der Waals surface area (Å²) in [6.07, 6.45) is 3.50. The average Bonchev–Trinajstić information content (AvgIpc) is 2.69. The van der Waals surface area contributed by atoms with Gasteiger partial charge in [-0.15, -0.1) is 13.2 Å². The van der Waals surface area contributed by atoms with Crippen LogP contribution in [0.2, 0.25) is 0 Å². The molecular formula is C19H46N2O3S2. The molecular weight excluding hydrogens is 368 g/mol. The van der Waals surface area contributed by atoms with Crippen LogP contribution in [-0.2, 0) is 13.7 Å². The SMILES string of the molecule is C=C.CC.CCCOCCNCC(=O)CCCCOSSCCNCC.[HH].[HH]. The van der Waals surface area contributed by atoms with Crippen molar-refractivity contribution < 1.29 is 16.6 Å². The van der Waals surface area contributed by atoms with Crippen LogP contribution in [0.1, 0.15) is 56.2 Å². The lowest BCUT2D eigenvalue weighted by Crippen LogP contribution is -2.26. The maximum Gasteiger partial charge on any atom is 0.146 e. The molecule has 0 aromatic carbocycles. The minimum atomic E-state index is 0. The number of carbonyl (C=O) groups is 1. The second-order valence-corrected chi connectivity index (χ2v) is 6.98. The van der Waals surface area contributed by atoms with Crippen LogP contribution in [0.5, 0.6) is 0 Å². The summed E-state index contributed by atoms with van der Waals surface area (Å²) in [7, 11) is 1.72. The molecule has 0 aliphatic rings. The quantitative estimate of drug-likeness (QED) is 0.142. The number of Topliss-reactive ketones (excluding diaryl/α,β-unsaturated/α-hetero) is 1. The average molecular weight is 415 g/mol. The third-order valence-corrected chi connectivity index (χ3v) is 4.54. The van der Waals surface area contributed by atoms with E-state index in [1.54, 1.807) is 10.8 Å². The van der Waals surface area contributed by atoms with E-state index >= 15 is 0 Å². The molecule has 26 heavy (non-hydrogen) atoms. The molecule has 0 aromatic rings. The fourth-order valence-electron chi connectivity index (χ4n) is 1.58. The molecule has 0 radical (unpaired) electrons. The lowest BCUT2D eigenvalue weighted by molar-refractivity contribution is -0.118. The molecule has 0 fully saturated rings. The molecule has 0 atom stereocenters. The Hall–Kier alpha value is -0.0500. The largest absolute Gasteiger partial charge is 0.380 e. The van der Waals surface area contributed by atoms with Gasteiger partial charge in [-0.3, -0.25) is 4.79 Å². The number of unbranched alkanes of at least 4 members (excludes halogenated alkanes) is 1. The molecule has 2 N–H and O–H groups in total. The van der Waals surface area contributed by atoms with Gasteiger partial charge in [0.25, 0.3) is 0 Å². The monoisotopic (exact) mass is 414 g/mol. The summed E-state index contributed by atoms with van der Waals surface area (Å²) in [5.74, 6) is 1.31. The Balaban J connectivity index is -0.000000274. The van der Waals surface area contributed by atoms with Gasteiger partial charge in [-0.1, -0.05) is 38.5 Å². The van der Waals surface area contributed by atoms with Crippen LogP contribution in [0, 0.1) is 0 Å². The van der Waals surface area contributed by atoms with E-state index in [1.165, 1.54) is 11.1 Å². The van der Waals surface area contributed by atoms with E-state index in [4.69, 9.17) is 8.92 Å². The third-order valence-electron chi connectivity index (χ3n) is 2.74. The Morgan fingerprint density at radius 3 is 2.42 bits per heavy atom. The minimum absolute atomic E-state index is 0. The smallest absolute Gasteiger partial charge is 0.146 e. The van der Waals surface area contributed by atoms with Crippen LogP contribution in [0.3, 0.4) is 0 Å². The number of rotatable bonds is 18. The summed E-state index contributed by atoms with van der Waals surface area (Å²) < 4.78 is 10.8. The van der Waals surface area contributed by atoms with Crippen LogP contribution < -0.4 is 10.6 Å². The fourth-order valence-corrected chi connectivity index (χ4v) is 2.99. The van der Waals surface area contributed by atoms with Gasteiger partial charge < -0.3 is 19.6 Å². The second-order valence-electron chi connectivity index (χ2n) is 4.85. The van der Waals surface area contributed by atoms with Gasteiger partial charge >= 0.3 is 0 Å². The van der Waals surface area contributed by atoms with Crippen molar-refractivity contribution in [1.82, 2.24) is 10.6 Å².